The van der Waals surface area contributed by atoms with Crippen molar-refractivity contribution in [3.8, 4) is 0 Å². The Morgan fingerprint density at radius 2 is 1.42 bits per heavy atom. The molecule has 1 unspecified atom stereocenters. The number of unbranched alkanes of at least 4 members (excludes halogenated alkanes) is 6. The third-order valence-electron chi connectivity index (χ3n) is 3.99. The zero-order chi connectivity index (χ0) is 13.9. The third-order valence-corrected chi connectivity index (χ3v) is 4.52. The zero-order valence-corrected chi connectivity index (χ0v) is 14.2. The molecular formula is C18H29Br. The van der Waals surface area contributed by atoms with E-state index in [0.717, 1.165) is 5.92 Å². The van der Waals surface area contributed by atoms with Crippen molar-refractivity contribution in [2.45, 2.75) is 77.6 Å². The second-order valence-corrected chi connectivity index (χ2v) is 6.48. The summed E-state index contributed by atoms with van der Waals surface area (Å²) in [7, 11) is 0. The standard InChI is InChI=1S/C18H29Br/c1-3-5-6-7-8-9-10-11-16(4-2)17-12-14-18(19)15-13-17/h12-16H,3-11H2,1-2H3. The van der Waals surface area contributed by atoms with Gasteiger partial charge in [-0.2, -0.15) is 0 Å². The molecule has 0 aromatic heterocycles. The van der Waals surface area contributed by atoms with E-state index < -0.39 is 0 Å². The smallest absolute Gasteiger partial charge is 0.0175 e. The average Bonchev–Trinajstić information content (AvgIpc) is 2.43. The van der Waals surface area contributed by atoms with Crippen molar-refractivity contribution in [3.63, 3.8) is 0 Å². The van der Waals surface area contributed by atoms with Gasteiger partial charge in [0, 0.05) is 4.47 Å². The molecule has 1 aromatic carbocycles. The van der Waals surface area contributed by atoms with Gasteiger partial charge in [-0.25, -0.2) is 0 Å². The van der Waals surface area contributed by atoms with Gasteiger partial charge in [0.05, 0.1) is 0 Å². The first kappa shape index (κ1) is 16.8. The molecule has 1 atom stereocenters. The summed E-state index contributed by atoms with van der Waals surface area (Å²) >= 11 is 3.51. The second kappa shape index (κ2) is 10.5. The Kier molecular flexibility index (Phi) is 9.24. The lowest BCUT2D eigenvalue weighted by atomic mass is 9.91. The lowest BCUT2D eigenvalue weighted by molar-refractivity contribution is 0.525. The number of hydrogen-bond acceptors (Lipinski definition) is 0. The Morgan fingerprint density at radius 3 is 2.00 bits per heavy atom. The number of halogens is 1. The molecule has 0 spiro atoms. The van der Waals surface area contributed by atoms with Crippen LogP contribution in [-0.2, 0) is 0 Å². The molecule has 0 N–H and O–H groups in total. The van der Waals surface area contributed by atoms with Gasteiger partial charge in [-0.3, -0.25) is 0 Å². The maximum Gasteiger partial charge on any atom is 0.0175 e. The average molecular weight is 325 g/mol. The maximum absolute atomic E-state index is 3.51. The Balaban J connectivity index is 2.20. The van der Waals surface area contributed by atoms with Gasteiger partial charge >= 0.3 is 0 Å². The number of benzene rings is 1. The van der Waals surface area contributed by atoms with Crippen LogP contribution in [0.3, 0.4) is 0 Å². The van der Waals surface area contributed by atoms with Crippen LogP contribution in [-0.4, -0.2) is 0 Å². The largest absolute Gasteiger partial charge is 0.0654 e. The summed E-state index contributed by atoms with van der Waals surface area (Å²) in [5.41, 5.74) is 1.51. The minimum Gasteiger partial charge on any atom is -0.0654 e. The zero-order valence-electron chi connectivity index (χ0n) is 12.6. The van der Waals surface area contributed by atoms with E-state index in [-0.39, 0.29) is 0 Å². The molecule has 0 nitrogen and oxygen atoms in total. The van der Waals surface area contributed by atoms with E-state index in [9.17, 15) is 0 Å². The van der Waals surface area contributed by atoms with E-state index in [2.05, 4.69) is 54.0 Å². The summed E-state index contributed by atoms with van der Waals surface area (Å²) in [4.78, 5) is 0. The second-order valence-electron chi connectivity index (χ2n) is 5.57. The fourth-order valence-electron chi connectivity index (χ4n) is 2.69. The highest BCUT2D eigenvalue weighted by atomic mass is 79.9. The molecule has 19 heavy (non-hydrogen) atoms. The molecule has 0 saturated heterocycles. The van der Waals surface area contributed by atoms with Crippen LogP contribution in [0.1, 0.15) is 83.1 Å². The van der Waals surface area contributed by atoms with Crippen molar-refractivity contribution in [2.75, 3.05) is 0 Å². The van der Waals surface area contributed by atoms with Gasteiger partial charge in [-0.05, 0) is 36.5 Å². The summed E-state index contributed by atoms with van der Waals surface area (Å²) in [5.74, 6) is 0.753. The SMILES string of the molecule is CCCCCCCCCC(CC)c1ccc(Br)cc1. The Morgan fingerprint density at radius 1 is 0.842 bits per heavy atom. The first-order chi connectivity index (χ1) is 9.27. The first-order valence-electron chi connectivity index (χ1n) is 8.03. The van der Waals surface area contributed by atoms with E-state index in [1.807, 2.05) is 0 Å². The van der Waals surface area contributed by atoms with Crippen LogP contribution in [0.25, 0.3) is 0 Å². The van der Waals surface area contributed by atoms with Crippen LogP contribution in [0.5, 0.6) is 0 Å². The normalized spacial score (nSPS) is 12.6. The molecule has 1 rings (SSSR count). The first-order valence-corrected chi connectivity index (χ1v) is 8.82. The molecule has 0 fully saturated rings. The number of rotatable bonds is 10. The quantitative estimate of drug-likeness (QED) is 0.403. The van der Waals surface area contributed by atoms with Gasteiger partial charge in [-0.15, -0.1) is 0 Å². The highest BCUT2D eigenvalue weighted by molar-refractivity contribution is 9.10. The van der Waals surface area contributed by atoms with Crippen molar-refractivity contribution >= 4 is 15.9 Å². The molecule has 0 amide bonds. The third kappa shape index (κ3) is 7.15. The minimum absolute atomic E-state index is 0.753. The van der Waals surface area contributed by atoms with E-state index in [4.69, 9.17) is 0 Å². The van der Waals surface area contributed by atoms with Gasteiger partial charge in [0.15, 0.2) is 0 Å². The van der Waals surface area contributed by atoms with Crippen molar-refractivity contribution in [1.29, 1.82) is 0 Å². The maximum atomic E-state index is 3.51. The molecular weight excluding hydrogens is 296 g/mol. The van der Waals surface area contributed by atoms with Crippen molar-refractivity contribution in [3.05, 3.63) is 34.3 Å². The molecule has 0 aliphatic carbocycles. The topological polar surface area (TPSA) is 0 Å². The predicted octanol–water partition coefficient (Wildman–Crippen LogP) is 7.08. The van der Waals surface area contributed by atoms with Crippen molar-refractivity contribution in [1.82, 2.24) is 0 Å². The summed E-state index contributed by atoms with van der Waals surface area (Å²) in [6.07, 6.45) is 12.5. The lowest BCUT2D eigenvalue weighted by Gasteiger charge is -2.15. The van der Waals surface area contributed by atoms with Gasteiger partial charge in [-0.1, -0.05) is 86.9 Å². The van der Waals surface area contributed by atoms with Crippen LogP contribution in [0.2, 0.25) is 0 Å². The molecule has 0 aliphatic rings. The Bertz CT molecular complexity index is 315. The monoisotopic (exact) mass is 324 g/mol. The predicted molar refractivity (Wildman–Crippen MR) is 89.8 cm³/mol. The molecule has 1 aromatic rings. The van der Waals surface area contributed by atoms with Crippen LogP contribution in [0.15, 0.2) is 28.7 Å². The highest BCUT2D eigenvalue weighted by Crippen LogP contribution is 2.27. The van der Waals surface area contributed by atoms with Gasteiger partial charge in [0.25, 0.3) is 0 Å². The van der Waals surface area contributed by atoms with Crippen LogP contribution in [0.4, 0.5) is 0 Å². The van der Waals surface area contributed by atoms with E-state index in [1.54, 1.807) is 0 Å². The van der Waals surface area contributed by atoms with Crippen LogP contribution < -0.4 is 0 Å². The summed E-state index contributed by atoms with van der Waals surface area (Å²) in [6.45, 7) is 4.60. The number of hydrogen-bond donors (Lipinski definition) is 0. The molecule has 0 bridgehead atoms. The van der Waals surface area contributed by atoms with Crippen molar-refractivity contribution < 1.29 is 0 Å². The van der Waals surface area contributed by atoms with E-state index in [1.165, 1.54) is 67.8 Å². The fourth-order valence-corrected chi connectivity index (χ4v) is 2.95. The molecule has 0 aliphatic heterocycles. The fraction of sp³-hybridized carbons (Fsp3) is 0.667. The van der Waals surface area contributed by atoms with Crippen LogP contribution in [0, 0.1) is 0 Å². The highest BCUT2D eigenvalue weighted by Gasteiger charge is 2.08. The molecule has 0 radical (unpaired) electrons. The molecule has 108 valence electrons. The molecule has 1 heteroatoms. The Labute approximate surface area is 128 Å². The minimum atomic E-state index is 0.753. The van der Waals surface area contributed by atoms with Gasteiger partial charge in [0.2, 0.25) is 0 Å². The van der Waals surface area contributed by atoms with Gasteiger partial charge < -0.3 is 0 Å². The van der Waals surface area contributed by atoms with Crippen molar-refractivity contribution in [2.24, 2.45) is 0 Å². The molecule has 0 heterocycles. The van der Waals surface area contributed by atoms with E-state index >= 15 is 0 Å². The van der Waals surface area contributed by atoms with E-state index in [0.29, 0.717) is 0 Å². The molecule has 0 saturated carbocycles. The Hall–Kier alpha value is -0.300. The summed E-state index contributed by atoms with van der Waals surface area (Å²) < 4.78 is 1.18. The summed E-state index contributed by atoms with van der Waals surface area (Å²) in [6, 6.07) is 8.89. The van der Waals surface area contributed by atoms with Crippen LogP contribution >= 0.6 is 15.9 Å². The summed E-state index contributed by atoms with van der Waals surface area (Å²) in [5, 5.41) is 0. The lowest BCUT2D eigenvalue weighted by Crippen LogP contribution is -1.97. The van der Waals surface area contributed by atoms with Gasteiger partial charge in [0.1, 0.15) is 0 Å².